The Labute approximate surface area is 168 Å². The zero-order valence-corrected chi connectivity index (χ0v) is 17.1. The lowest BCUT2D eigenvalue weighted by Crippen LogP contribution is -2.26. The number of thiophene rings is 1. The van der Waals surface area contributed by atoms with Gasteiger partial charge in [-0.1, -0.05) is 35.0 Å². The summed E-state index contributed by atoms with van der Waals surface area (Å²) >= 11 is 14.6. The van der Waals surface area contributed by atoms with E-state index < -0.39 is 5.25 Å². The summed E-state index contributed by atoms with van der Waals surface area (Å²) < 4.78 is 2.21. The van der Waals surface area contributed by atoms with Gasteiger partial charge in [0, 0.05) is 11.6 Å². The molecule has 3 rings (SSSR count). The molecule has 9 heteroatoms. The maximum atomic E-state index is 12.5. The van der Waals surface area contributed by atoms with Gasteiger partial charge in [0.15, 0.2) is 5.16 Å². The van der Waals surface area contributed by atoms with Crippen LogP contribution in [0, 0.1) is 0 Å². The Morgan fingerprint density at radius 2 is 2.15 bits per heavy atom. The first-order valence-corrected chi connectivity index (χ1v) is 10.3. The van der Waals surface area contributed by atoms with Crippen molar-refractivity contribution in [2.75, 3.05) is 5.32 Å². The highest BCUT2D eigenvalue weighted by Gasteiger charge is 2.20. The van der Waals surface area contributed by atoms with E-state index in [1.807, 2.05) is 18.4 Å². The van der Waals surface area contributed by atoms with Crippen LogP contribution in [0.15, 0.2) is 39.6 Å². The highest BCUT2D eigenvalue weighted by Crippen LogP contribution is 2.28. The van der Waals surface area contributed by atoms with E-state index in [2.05, 4.69) is 10.3 Å². The standard InChI is InChI=1S/C17H15Cl2N3O2S2/c1-3-22-16(24)14-13(6-7-25-14)21-17(22)26-9(2)15(23)20-12-5-4-10(18)8-11(12)19/h4-9H,3H2,1-2H3,(H,20,23). The minimum Gasteiger partial charge on any atom is -0.324 e. The average Bonchev–Trinajstić information content (AvgIpc) is 3.06. The Bertz CT molecular complexity index is 1030. The van der Waals surface area contributed by atoms with Crippen molar-refractivity contribution in [1.29, 1.82) is 0 Å². The molecule has 0 saturated carbocycles. The number of rotatable bonds is 5. The second kappa shape index (κ2) is 8.00. The predicted molar refractivity (Wildman–Crippen MR) is 110 cm³/mol. The van der Waals surface area contributed by atoms with Crippen LogP contribution in [0.2, 0.25) is 10.0 Å². The highest BCUT2D eigenvalue weighted by molar-refractivity contribution is 8.00. The number of halogens is 2. The lowest BCUT2D eigenvalue weighted by atomic mass is 10.3. The maximum absolute atomic E-state index is 12.5. The predicted octanol–water partition coefficient (Wildman–Crippen LogP) is 4.90. The van der Waals surface area contributed by atoms with E-state index >= 15 is 0 Å². The van der Waals surface area contributed by atoms with Crippen molar-refractivity contribution in [3.8, 4) is 0 Å². The molecular weight excluding hydrogens is 413 g/mol. The van der Waals surface area contributed by atoms with Crippen molar-refractivity contribution in [2.45, 2.75) is 30.8 Å². The number of nitrogens with zero attached hydrogens (tertiary/aromatic N) is 2. The van der Waals surface area contributed by atoms with Gasteiger partial charge in [0.25, 0.3) is 5.56 Å². The molecule has 136 valence electrons. The van der Waals surface area contributed by atoms with E-state index in [9.17, 15) is 9.59 Å². The Morgan fingerprint density at radius 3 is 2.85 bits per heavy atom. The number of benzene rings is 1. The number of amides is 1. The number of nitrogens with one attached hydrogen (secondary N) is 1. The zero-order chi connectivity index (χ0) is 18.8. The van der Waals surface area contributed by atoms with E-state index in [1.54, 1.807) is 29.7 Å². The van der Waals surface area contributed by atoms with Crippen molar-refractivity contribution in [1.82, 2.24) is 9.55 Å². The molecule has 0 aliphatic rings. The molecule has 1 N–H and O–H groups in total. The summed E-state index contributed by atoms with van der Waals surface area (Å²) in [5, 5.41) is 5.53. The summed E-state index contributed by atoms with van der Waals surface area (Å²) in [5.41, 5.74) is 1.06. The van der Waals surface area contributed by atoms with E-state index in [-0.39, 0.29) is 11.5 Å². The molecule has 1 unspecified atom stereocenters. The fourth-order valence-corrected chi connectivity index (χ4v) is 4.54. The van der Waals surface area contributed by atoms with Crippen LogP contribution in [-0.2, 0) is 11.3 Å². The number of hydrogen-bond donors (Lipinski definition) is 1. The van der Waals surface area contributed by atoms with Crippen LogP contribution in [0.1, 0.15) is 13.8 Å². The summed E-state index contributed by atoms with van der Waals surface area (Å²) in [4.78, 5) is 29.6. The van der Waals surface area contributed by atoms with Gasteiger partial charge in [0.2, 0.25) is 5.91 Å². The van der Waals surface area contributed by atoms with E-state index in [0.29, 0.717) is 37.7 Å². The second-order valence-corrected chi connectivity index (χ2v) is 8.52. The Balaban J connectivity index is 1.83. The molecule has 3 aromatic rings. The molecule has 1 aromatic carbocycles. The molecule has 0 saturated heterocycles. The van der Waals surface area contributed by atoms with E-state index in [1.165, 1.54) is 23.1 Å². The number of carbonyl (C=O) groups is 1. The number of thioether (sulfide) groups is 1. The van der Waals surface area contributed by atoms with Crippen molar-refractivity contribution in [3.05, 3.63) is 50.0 Å². The molecule has 0 aliphatic carbocycles. The number of fused-ring (bicyclic) bond motifs is 1. The average molecular weight is 428 g/mol. The molecule has 0 radical (unpaired) electrons. The fourth-order valence-electron chi connectivity index (χ4n) is 2.33. The number of anilines is 1. The van der Waals surface area contributed by atoms with Gasteiger partial charge >= 0.3 is 0 Å². The fraction of sp³-hybridized carbons (Fsp3) is 0.235. The largest absolute Gasteiger partial charge is 0.324 e. The summed E-state index contributed by atoms with van der Waals surface area (Å²) in [6.07, 6.45) is 0. The Morgan fingerprint density at radius 1 is 1.38 bits per heavy atom. The summed E-state index contributed by atoms with van der Waals surface area (Å²) in [7, 11) is 0. The SMILES string of the molecule is CCn1c(SC(C)C(=O)Nc2ccc(Cl)cc2Cl)nc2ccsc2c1=O. The van der Waals surface area contributed by atoms with E-state index in [0.717, 1.165) is 0 Å². The molecule has 0 aliphatic heterocycles. The molecule has 2 aromatic heterocycles. The van der Waals surface area contributed by atoms with Crippen molar-refractivity contribution in [2.24, 2.45) is 0 Å². The van der Waals surface area contributed by atoms with Crippen LogP contribution < -0.4 is 10.9 Å². The Hall–Kier alpha value is -1.54. The lowest BCUT2D eigenvalue weighted by molar-refractivity contribution is -0.115. The van der Waals surface area contributed by atoms with Crippen LogP contribution >= 0.6 is 46.3 Å². The molecule has 1 atom stereocenters. The molecular formula is C17H15Cl2N3O2S2. The van der Waals surface area contributed by atoms with Crippen LogP contribution in [0.3, 0.4) is 0 Å². The lowest BCUT2D eigenvalue weighted by Gasteiger charge is -2.15. The Kier molecular flexibility index (Phi) is 5.92. The molecule has 5 nitrogen and oxygen atoms in total. The molecule has 26 heavy (non-hydrogen) atoms. The van der Waals surface area contributed by atoms with Crippen LogP contribution in [0.4, 0.5) is 5.69 Å². The quantitative estimate of drug-likeness (QED) is 0.464. The molecule has 2 heterocycles. The van der Waals surface area contributed by atoms with Gasteiger partial charge in [0.1, 0.15) is 4.70 Å². The number of carbonyl (C=O) groups excluding carboxylic acids is 1. The van der Waals surface area contributed by atoms with Gasteiger partial charge in [-0.25, -0.2) is 4.98 Å². The molecule has 0 spiro atoms. The highest BCUT2D eigenvalue weighted by atomic mass is 35.5. The third-order valence-electron chi connectivity index (χ3n) is 3.69. The number of aromatic nitrogens is 2. The first-order valence-electron chi connectivity index (χ1n) is 7.81. The minimum absolute atomic E-state index is 0.0802. The summed E-state index contributed by atoms with van der Waals surface area (Å²) in [5.74, 6) is -0.235. The number of hydrogen-bond acceptors (Lipinski definition) is 5. The molecule has 0 fully saturated rings. The van der Waals surface area contributed by atoms with Gasteiger partial charge in [-0.15, -0.1) is 11.3 Å². The second-order valence-electron chi connectivity index (χ2n) is 5.45. The van der Waals surface area contributed by atoms with Gasteiger partial charge in [-0.2, -0.15) is 0 Å². The van der Waals surface area contributed by atoms with Gasteiger partial charge in [-0.3, -0.25) is 14.2 Å². The third kappa shape index (κ3) is 3.91. The van der Waals surface area contributed by atoms with E-state index in [4.69, 9.17) is 23.2 Å². The smallest absolute Gasteiger partial charge is 0.272 e. The maximum Gasteiger partial charge on any atom is 0.272 e. The monoisotopic (exact) mass is 427 g/mol. The van der Waals surface area contributed by atoms with Crippen molar-refractivity contribution in [3.63, 3.8) is 0 Å². The van der Waals surface area contributed by atoms with Gasteiger partial charge in [0.05, 0.1) is 21.5 Å². The first-order chi connectivity index (χ1) is 12.4. The normalized spacial score (nSPS) is 12.3. The summed E-state index contributed by atoms with van der Waals surface area (Å²) in [6, 6.07) is 6.68. The van der Waals surface area contributed by atoms with Crippen LogP contribution in [-0.4, -0.2) is 20.7 Å². The topological polar surface area (TPSA) is 64.0 Å². The zero-order valence-electron chi connectivity index (χ0n) is 14.0. The minimum atomic E-state index is -0.470. The van der Waals surface area contributed by atoms with Crippen molar-refractivity contribution < 1.29 is 4.79 Å². The van der Waals surface area contributed by atoms with Crippen LogP contribution in [0.5, 0.6) is 0 Å². The first kappa shape index (κ1) is 19.2. The third-order valence-corrected chi connectivity index (χ3v) is 6.22. The van der Waals surface area contributed by atoms with Gasteiger partial charge in [-0.05, 0) is 43.5 Å². The van der Waals surface area contributed by atoms with Crippen LogP contribution in [0.25, 0.3) is 10.2 Å². The molecule has 0 bridgehead atoms. The summed E-state index contributed by atoms with van der Waals surface area (Å²) in [6.45, 7) is 4.12. The van der Waals surface area contributed by atoms with Gasteiger partial charge < -0.3 is 5.32 Å². The van der Waals surface area contributed by atoms with Crippen molar-refractivity contribution >= 4 is 68.1 Å². The molecule has 1 amide bonds.